The molecule has 1 aliphatic heterocycles. The van der Waals surface area contributed by atoms with Crippen LogP contribution in [-0.2, 0) is 13.1 Å². The molecule has 1 unspecified atom stereocenters. The minimum absolute atomic E-state index is 0.878. The molecule has 0 aliphatic carbocycles. The summed E-state index contributed by atoms with van der Waals surface area (Å²) in [5.41, 5.74) is 2.82. The Morgan fingerprint density at radius 2 is 1.94 bits per heavy atom. The van der Waals surface area contributed by atoms with Gasteiger partial charge in [-0.25, -0.2) is 0 Å². The predicted octanol–water partition coefficient (Wildman–Crippen LogP) is 2.64. The van der Waals surface area contributed by atoms with Crippen LogP contribution < -0.4 is 5.32 Å². The monoisotopic (exact) mass is 232 g/mol. The Morgan fingerprint density at radius 1 is 1.24 bits per heavy atom. The summed E-state index contributed by atoms with van der Waals surface area (Å²) in [6.45, 7) is 10.2. The summed E-state index contributed by atoms with van der Waals surface area (Å²) < 4.78 is 0. The molecule has 2 rings (SSSR count). The maximum atomic E-state index is 3.35. The molecule has 0 radical (unpaired) electrons. The lowest BCUT2D eigenvalue weighted by Gasteiger charge is -2.15. The van der Waals surface area contributed by atoms with Crippen LogP contribution in [0, 0.1) is 5.92 Å². The first-order chi connectivity index (χ1) is 8.28. The molecule has 1 saturated heterocycles. The van der Waals surface area contributed by atoms with Crippen molar-refractivity contribution in [2.45, 2.75) is 33.4 Å². The maximum Gasteiger partial charge on any atom is 0.0233 e. The zero-order valence-corrected chi connectivity index (χ0v) is 11.1. The van der Waals surface area contributed by atoms with Crippen LogP contribution in [0.3, 0.4) is 0 Å². The van der Waals surface area contributed by atoms with Gasteiger partial charge in [0.25, 0.3) is 0 Å². The third-order valence-corrected chi connectivity index (χ3v) is 3.52. The van der Waals surface area contributed by atoms with Crippen molar-refractivity contribution in [3.05, 3.63) is 35.4 Å². The zero-order valence-electron chi connectivity index (χ0n) is 11.1. The first-order valence-electron chi connectivity index (χ1n) is 6.79. The highest BCUT2D eigenvalue weighted by atomic mass is 15.1. The first kappa shape index (κ1) is 12.6. The number of hydrogen-bond acceptors (Lipinski definition) is 2. The van der Waals surface area contributed by atoms with Crippen LogP contribution in [0.4, 0.5) is 0 Å². The van der Waals surface area contributed by atoms with Gasteiger partial charge in [0, 0.05) is 19.6 Å². The summed E-state index contributed by atoms with van der Waals surface area (Å²) >= 11 is 0. The number of nitrogens with zero attached hydrogens (tertiary/aromatic N) is 1. The molecule has 1 N–H and O–H groups in total. The Balaban J connectivity index is 1.85. The van der Waals surface area contributed by atoms with E-state index in [0.29, 0.717) is 0 Å². The molecular formula is C15H24N2. The number of hydrogen-bond donors (Lipinski definition) is 1. The van der Waals surface area contributed by atoms with E-state index in [-0.39, 0.29) is 0 Å². The minimum Gasteiger partial charge on any atom is -0.313 e. The van der Waals surface area contributed by atoms with Crippen molar-refractivity contribution in [2.75, 3.05) is 19.6 Å². The highest BCUT2D eigenvalue weighted by Gasteiger charge is 2.18. The number of benzene rings is 1. The summed E-state index contributed by atoms with van der Waals surface area (Å²) in [6.07, 6.45) is 1.36. The van der Waals surface area contributed by atoms with E-state index < -0.39 is 0 Å². The highest BCUT2D eigenvalue weighted by Crippen LogP contribution is 2.17. The van der Waals surface area contributed by atoms with Crippen LogP contribution in [0.5, 0.6) is 0 Å². The van der Waals surface area contributed by atoms with Gasteiger partial charge in [0.1, 0.15) is 0 Å². The van der Waals surface area contributed by atoms with Gasteiger partial charge >= 0.3 is 0 Å². The summed E-state index contributed by atoms with van der Waals surface area (Å²) in [7, 11) is 0. The fraction of sp³-hybridized carbons (Fsp3) is 0.600. The summed E-state index contributed by atoms with van der Waals surface area (Å²) in [5.74, 6) is 0.878. The Morgan fingerprint density at radius 3 is 2.53 bits per heavy atom. The van der Waals surface area contributed by atoms with Gasteiger partial charge in [-0.05, 0) is 36.6 Å². The average molecular weight is 232 g/mol. The summed E-state index contributed by atoms with van der Waals surface area (Å²) in [6, 6.07) is 9.04. The molecule has 0 amide bonds. The van der Waals surface area contributed by atoms with Crippen molar-refractivity contribution < 1.29 is 0 Å². The molecule has 1 atom stereocenters. The third-order valence-electron chi connectivity index (χ3n) is 3.52. The normalized spacial score (nSPS) is 20.9. The maximum absolute atomic E-state index is 3.35. The van der Waals surface area contributed by atoms with Crippen LogP contribution in [0.15, 0.2) is 24.3 Å². The van der Waals surface area contributed by atoms with Gasteiger partial charge in [0.15, 0.2) is 0 Å². The van der Waals surface area contributed by atoms with Gasteiger partial charge in [0.05, 0.1) is 0 Å². The Labute approximate surface area is 105 Å². The molecular weight excluding hydrogens is 208 g/mol. The topological polar surface area (TPSA) is 15.3 Å². The van der Waals surface area contributed by atoms with E-state index in [1.807, 2.05) is 0 Å². The quantitative estimate of drug-likeness (QED) is 0.839. The molecule has 1 aliphatic rings. The minimum atomic E-state index is 0.878. The molecule has 1 fully saturated rings. The van der Waals surface area contributed by atoms with Crippen LogP contribution in [-0.4, -0.2) is 24.5 Å². The van der Waals surface area contributed by atoms with Crippen LogP contribution in [0.2, 0.25) is 0 Å². The van der Waals surface area contributed by atoms with E-state index in [9.17, 15) is 0 Å². The van der Waals surface area contributed by atoms with E-state index in [0.717, 1.165) is 25.6 Å². The highest BCUT2D eigenvalue weighted by molar-refractivity contribution is 5.22. The van der Waals surface area contributed by atoms with Gasteiger partial charge in [-0.2, -0.15) is 0 Å². The van der Waals surface area contributed by atoms with Gasteiger partial charge in [-0.15, -0.1) is 0 Å². The standard InChI is InChI=1S/C15H24N2/c1-3-16-10-14-4-6-15(7-5-14)12-17-9-8-13(2)11-17/h4-7,13,16H,3,8-12H2,1-2H3. The molecule has 0 saturated carbocycles. The first-order valence-corrected chi connectivity index (χ1v) is 6.79. The van der Waals surface area contributed by atoms with Gasteiger partial charge in [-0.1, -0.05) is 38.1 Å². The van der Waals surface area contributed by atoms with Crippen LogP contribution in [0.1, 0.15) is 31.4 Å². The van der Waals surface area contributed by atoms with E-state index >= 15 is 0 Å². The lowest BCUT2D eigenvalue weighted by molar-refractivity contribution is 0.320. The zero-order chi connectivity index (χ0) is 12.1. The largest absolute Gasteiger partial charge is 0.313 e. The smallest absolute Gasteiger partial charge is 0.0233 e. The molecule has 1 heterocycles. The predicted molar refractivity (Wildman–Crippen MR) is 72.9 cm³/mol. The molecule has 0 bridgehead atoms. The van der Waals surface area contributed by atoms with Crippen molar-refractivity contribution >= 4 is 0 Å². The molecule has 0 spiro atoms. The third kappa shape index (κ3) is 3.83. The van der Waals surface area contributed by atoms with E-state index in [1.165, 1.54) is 30.6 Å². The van der Waals surface area contributed by atoms with Crippen molar-refractivity contribution in [2.24, 2.45) is 5.92 Å². The molecule has 1 aromatic rings. The molecule has 1 aromatic carbocycles. The van der Waals surface area contributed by atoms with Crippen molar-refractivity contribution in [1.82, 2.24) is 10.2 Å². The van der Waals surface area contributed by atoms with Gasteiger partial charge in [0.2, 0.25) is 0 Å². The molecule has 2 heteroatoms. The molecule has 0 aromatic heterocycles. The van der Waals surface area contributed by atoms with Crippen LogP contribution >= 0.6 is 0 Å². The molecule has 2 nitrogen and oxygen atoms in total. The summed E-state index contributed by atoms with van der Waals surface area (Å²) in [5, 5.41) is 3.35. The number of rotatable bonds is 5. The number of likely N-dealkylation sites (tertiary alicyclic amines) is 1. The Kier molecular flexibility index (Phi) is 4.57. The van der Waals surface area contributed by atoms with Crippen LogP contribution in [0.25, 0.3) is 0 Å². The van der Waals surface area contributed by atoms with Crippen molar-refractivity contribution in [3.8, 4) is 0 Å². The second-order valence-corrected chi connectivity index (χ2v) is 5.23. The van der Waals surface area contributed by atoms with Gasteiger partial charge < -0.3 is 5.32 Å². The lowest BCUT2D eigenvalue weighted by Crippen LogP contribution is -2.19. The fourth-order valence-electron chi connectivity index (χ4n) is 2.46. The Hall–Kier alpha value is -0.860. The van der Waals surface area contributed by atoms with Crippen molar-refractivity contribution in [1.29, 1.82) is 0 Å². The van der Waals surface area contributed by atoms with Crippen molar-refractivity contribution in [3.63, 3.8) is 0 Å². The fourth-order valence-corrected chi connectivity index (χ4v) is 2.46. The summed E-state index contributed by atoms with van der Waals surface area (Å²) in [4.78, 5) is 2.56. The van der Waals surface area contributed by atoms with E-state index in [4.69, 9.17) is 0 Å². The molecule has 17 heavy (non-hydrogen) atoms. The van der Waals surface area contributed by atoms with E-state index in [2.05, 4.69) is 48.3 Å². The number of nitrogens with one attached hydrogen (secondary N) is 1. The Bertz CT molecular complexity index is 331. The van der Waals surface area contributed by atoms with Gasteiger partial charge in [-0.3, -0.25) is 4.90 Å². The SMILES string of the molecule is CCNCc1ccc(CN2CCC(C)C2)cc1. The second-order valence-electron chi connectivity index (χ2n) is 5.23. The average Bonchev–Trinajstić information content (AvgIpc) is 2.74. The van der Waals surface area contributed by atoms with E-state index in [1.54, 1.807) is 0 Å². The molecule has 94 valence electrons. The lowest BCUT2D eigenvalue weighted by atomic mass is 10.1. The second kappa shape index (κ2) is 6.18.